The Kier molecular flexibility index (Phi) is 2.85. The summed E-state index contributed by atoms with van der Waals surface area (Å²) in [4.78, 5) is 28.5. The number of hydrogen-bond acceptors (Lipinski definition) is 3. The summed E-state index contributed by atoms with van der Waals surface area (Å²) in [5.41, 5.74) is 0.379. The SMILES string of the molecule is CN1CC(NC(=O)c2ccccn2)CC1=O. The van der Waals surface area contributed by atoms with E-state index in [-0.39, 0.29) is 17.9 Å². The number of likely N-dealkylation sites (N-methyl/N-ethyl adjacent to an activating group) is 1. The van der Waals surface area contributed by atoms with Crippen LogP contribution in [0.25, 0.3) is 0 Å². The van der Waals surface area contributed by atoms with Gasteiger partial charge in [-0.15, -0.1) is 0 Å². The van der Waals surface area contributed by atoms with Gasteiger partial charge in [0.25, 0.3) is 5.91 Å². The highest BCUT2D eigenvalue weighted by molar-refractivity contribution is 5.93. The van der Waals surface area contributed by atoms with Crippen LogP contribution in [-0.4, -0.2) is 41.3 Å². The first-order valence-corrected chi connectivity index (χ1v) is 5.12. The number of carbonyl (C=O) groups is 2. The van der Waals surface area contributed by atoms with Crippen LogP contribution in [0, 0.1) is 0 Å². The lowest BCUT2D eigenvalue weighted by Crippen LogP contribution is -2.36. The fraction of sp³-hybridized carbons (Fsp3) is 0.364. The highest BCUT2D eigenvalue weighted by Gasteiger charge is 2.28. The molecular weight excluding hydrogens is 206 g/mol. The van der Waals surface area contributed by atoms with Crippen LogP contribution in [0.4, 0.5) is 0 Å². The normalized spacial score (nSPS) is 19.9. The summed E-state index contributed by atoms with van der Waals surface area (Å²) in [5, 5.41) is 2.79. The molecule has 1 aliphatic heterocycles. The highest BCUT2D eigenvalue weighted by Crippen LogP contribution is 2.08. The molecule has 2 amide bonds. The van der Waals surface area contributed by atoms with E-state index < -0.39 is 0 Å². The van der Waals surface area contributed by atoms with E-state index in [2.05, 4.69) is 10.3 Å². The number of amides is 2. The number of aromatic nitrogens is 1. The molecule has 1 aromatic heterocycles. The van der Waals surface area contributed by atoms with Crippen molar-refractivity contribution in [3.8, 4) is 0 Å². The van der Waals surface area contributed by atoms with Gasteiger partial charge in [-0.1, -0.05) is 6.07 Å². The molecule has 0 bridgehead atoms. The molecule has 16 heavy (non-hydrogen) atoms. The van der Waals surface area contributed by atoms with Crippen LogP contribution >= 0.6 is 0 Å². The Morgan fingerprint density at radius 1 is 1.56 bits per heavy atom. The van der Waals surface area contributed by atoms with E-state index in [9.17, 15) is 9.59 Å². The second kappa shape index (κ2) is 4.30. The van der Waals surface area contributed by atoms with E-state index in [0.717, 1.165) is 0 Å². The predicted molar refractivity (Wildman–Crippen MR) is 57.7 cm³/mol. The van der Waals surface area contributed by atoms with E-state index >= 15 is 0 Å². The standard InChI is InChI=1S/C11H13N3O2/c1-14-7-8(6-10(14)15)13-11(16)9-4-2-3-5-12-9/h2-5,8H,6-7H2,1H3,(H,13,16). The van der Waals surface area contributed by atoms with E-state index in [0.29, 0.717) is 18.7 Å². The van der Waals surface area contributed by atoms with Gasteiger partial charge in [0.15, 0.2) is 0 Å². The lowest BCUT2D eigenvalue weighted by atomic mass is 10.2. The molecule has 1 atom stereocenters. The summed E-state index contributed by atoms with van der Waals surface area (Å²) in [7, 11) is 1.73. The topological polar surface area (TPSA) is 62.3 Å². The quantitative estimate of drug-likeness (QED) is 0.764. The first kappa shape index (κ1) is 10.6. The van der Waals surface area contributed by atoms with Gasteiger partial charge in [0, 0.05) is 26.2 Å². The van der Waals surface area contributed by atoms with Gasteiger partial charge in [0.2, 0.25) is 5.91 Å². The molecule has 0 saturated carbocycles. The maximum Gasteiger partial charge on any atom is 0.270 e. The van der Waals surface area contributed by atoms with Crippen LogP contribution in [0.15, 0.2) is 24.4 Å². The minimum Gasteiger partial charge on any atom is -0.346 e. The number of likely N-dealkylation sites (tertiary alicyclic amines) is 1. The largest absolute Gasteiger partial charge is 0.346 e. The third-order valence-corrected chi connectivity index (χ3v) is 2.57. The average molecular weight is 219 g/mol. The summed E-state index contributed by atoms with van der Waals surface area (Å²) < 4.78 is 0. The summed E-state index contributed by atoms with van der Waals surface area (Å²) in [5.74, 6) is -0.167. The molecule has 84 valence electrons. The van der Waals surface area contributed by atoms with Crippen molar-refractivity contribution in [1.29, 1.82) is 0 Å². The van der Waals surface area contributed by atoms with Gasteiger partial charge >= 0.3 is 0 Å². The summed E-state index contributed by atoms with van der Waals surface area (Å²) in [6.45, 7) is 0.567. The van der Waals surface area contributed by atoms with Gasteiger partial charge in [-0.2, -0.15) is 0 Å². The molecule has 0 spiro atoms. The summed E-state index contributed by atoms with van der Waals surface area (Å²) in [6.07, 6.45) is 1.94. The fourth-order valence-electron chi connectivity index (χ4n) is 1.72. The molecule has 1 aliphatic rings. The zero-order valence-electron chi connectivity index (χ0n) is 9.01. The Morgan fingerprint density at radius 3 is 2.94 bits per heavy atom. The van der Waals surface area contributed by atoms with Crippen LogP contribution in [-0.2, 0) is 4.79 Å². The molecule has 5 nitrogen and oxygen atoms in total. The van der Waals surface area contributed by atoms with Gasteiger partial charge in [-0.25, -0.2) is 0 Å². The van der Waals surface area contributed by atoms with Gasteiger partial charge in [0.1, 0.15) is 5.69 Å². The number of carbonyl (C=O) groups excluding carboxylic acids is 2. The summed E-state index contributed by atoms with van der Waals surface area (Å²) in [6, 6.07) is 5.06. The third-order valence-electron chi connectivity index (χ3n) is 2.57. The molecular formula is C11H13N3O2. The molecule has 1 unspecified atom stereocenters. The minimum atomic E-state index is -0.228. The van der Waals surface area contributed by atoms with Crippen LogP contribution in [0.5, 0.6) is 0 Å². The van der Waals surface area contributed by atoms with E-state index in [4.69, 9.17) is 0 Å². The second-order valence-electron chi connectivity index (χ2n) is 3.86. The smallest absolute Gasteiger partial charge is 0.270 e. The van der Waals surface area contributed by atoms with Gasteiger partial charge in [-0.3, -0.25) is 14.6 Å². The molecule has 1 N–H and O–H groups in total. The average Bonchev–Trinajstić information content (AvgIpc) is 2.59. The Bertz CT molecular complexity index is 405. The first-order chi connectivity index (χ1) is 7.66. The number of nitrogens with one attached hydrogen (secondary N) is 1. The van der Waals surface area contributed by atoms with Crippen molar-refractivity contribution in [1.82, 2.24) is 15.2 Å². The second-order valence-corrected chi connectivity index (χ2v) is 3.86. The van der Waals surface area contributed by atoms with E-state index in [1.165, 1.54) is 0 Å². The van der Waals surface area contributed by atoms with Crippen molar-refractivity contribution in [3.63, 3.8) is 0 Å². The van der Waals surface area contributed by atoms with Crippen molar-refractivity contribution in [3.05, 3.63) is 30.1 Å². The van der Waals surface area contributed by atoms with Crippen LogP contribution in [0.2, 0.25) is 0 Å². The molecule has 1 fully saturated rings. The molecule has 5 heteroatoms. The summed E-state index contributed by atoms with van der Waals surface area (Å²) >= 11 is 0. The number of pyridine rings is 1. The van der Waals surface area contributed by atoms with Crippen molar-refractivity contribution in [2.75, 3.05) is 13.6 Å². The zero-order valence-corrected chi connectivity index (χ0v) is 9.01. The molecule has 1 aromatic rings. The lowest BCUT2D eigenvalue weighted by molar-refractivity contribution is -0.126. The molecule has 0 aromatic carbocycles. The van der Waals surface area contributed by atoms with Crippen molar-refractivity contribution >= 4 is 11.8 Å². The number of hydrogen-bond donors (Lipinski definition) is 1. The van der Waals surface area contributed by atoms with Gasteiger partial charge in [-0.05, 0) is 12.1 Å². The van der Waals surface area contributed by atoms with Gasteiger partial charge in [0.05, 0.1) is 6.04 Å². The number of nitrogens with zero attached hydrogens (tertiary/aromatic N) is 2. The zero-order chi connectivity index (χ0) is 11.5. The Hall–Kier alpha value is -1.91. The Balaban J connectivity index is 1.97. The van der Waals surface area contributed by atoms with Crippen LogP contribution in [0.3, 0.4) is 0 Å². The van der Waals surface area contributed by atoms with Crippen LogP contribution < -0.4 is 5.32 Å². The minimum absolute atomic E-state index is 0.0614. The molecule has 2 rings (SSSR count). The van der Waals surface area contributed by atoms with Crippen molar-refractivity contribution in [2.45, 2.75) is 12.5 Å². The molecule has 2 heterocycles. The van der Waals surface area contributed by atoms with E-state index in [1.54, 1.807) is 36.3 Å². The monoisotopic (exact) mass is 219 g/mol. The fourth-order valence-corrected chi connectivity index (χ4v) is 1.72. The molecule has 0 aliphatic carbocycles. The molecule has 0 radical (unpaired) electrons. The van der Waals surface area contributed by atoms with Crippen LogP contribution in [0.1, 0.15) is 16.9 Å². The number of rotatable bonds is 2. The van der Waals surface area contributed by atoms with E-state index in [1.807, 2.05) is 0 Å². The first-order valence-electron chi connectivity index (χ1n) is 5.12. The maximum absolute atomic E-state index is 11.7. The van der Waals surface area contributed by atoms with Gasteiger partial charge < -0.3 is 10.2 Å². The maximum atomic E-state index is 11.7. The third kappa shape index (κ3) is 2.18. The Morgan fingerprint density at radius 2 is 2.38 bits per heavy atom. The highest BCUT2D eigenvalue weighted by atomic mass is 16.2. The Labute approximate surface area is 93.5 Å². The lowest BCUT2D eigenvalue weighted by Gasteiger charge is -2.11. The van der Waals surface area contributed by atoms with Crippen molar-refractivity contribution < 1.29 is 9.59 Å². The van der Waals surface area contributed by atoms with Crippen molar-refractivity contribution in [2.24, 2.45) is 0 Å². The molecule has 1 saturated heterocycles. The predicted octanol–water partition coefficient (Wildman–Crippen LogP) is 0.0421.